The second kappa shape index (κ2) is 9.04. The summed E-state index contributed by atoms with van der Waals surface area (Å²) in [7, 11) is 1.83. The molecular weight excluding hydrogens is 302 g/mol. The molecule has 3 atom stereocenters. The van der Waals surface area contributed by atoms with Gasteiger partial charge in [0, 0.05) is 20.2 Å². The van der Waals surface area contributed by atoms with Crippen LogP contribution in [0.25, 0.3) is 0 Å². The highest BCUT2D eigenvalue weighted by atomic mass is 16.5. The van der Waals surface area contributed by atoms with Crippen LogP contribution in [0.4, 0.5) is 0 Å². The van der Waals surface area contributed by atoms with Gasteiger partial charge in [-0.1, -0.05) is 30.3 Å². The number of hydrogen-bond acceptors (Lipinski definition) is 3. The van der Waals surface area contributed by atoms with Gasteiger partial charge in [-0.2, -0.15) is 0 Å². The molecule has 5 heteroatoms. The second-order valence-electron chi connectivity index (χ2n) is 6.60. The summed E-state index contributed by atoms with van der Waals surface area (Å²) in [6.07, 6.45) is 6.47. The summed E-state index contributed by atoms with van der Waals surface area (Å²) in [4.78, 5) is 4.32. The molecular formula is C19H29N3O2. The molecule has 24 heavy (non-hydrogen) atoms. The minimum absolute atomic E-state index is 0.375. The Morgan fingerprint density at radius 3 is 2.83 bits per heavy atom. The van der Waals surface area contributed by atoms with Crippen molar-refractivity contribution in [1.82, 2.24) is 10.6 Å². The maximum absolute atomic E-state index is 5.87. The monoisotopic (exact) mass is 331 g/mol. The molecule has 2 aliphatic rings. The fourth-order valence-corrected chi connectivity index (χ4v) is 3.46. The largest absolute Gasteiger partial charge is 0.377 e. The summed E-state index contributed by atoms with van der Waals surface area (Å²) in [5.74, 6) is 0.890. The van der Waals surface area contributed by atoms with E-state index in [-0.39, 0.29) is 0 Å². The molecule has 0 aromatic heterocycles. The molecule has 2 aliphatic heterocycles. The molecule has 5 nitrogen and oxygen atoms in total. The molecule has 0 amide bonds. The number of unbranched alkanes of at least 4 members (excludes halogenated alkanes) is 1. The molecule has 3 unspecified atom stereocenters. The van der Waals surface area contributed by atoms with Crippen molar-refractivity contribution in [2.45, 2.75) is 57.0 Å². The number of guanidine groups is 1. The van der Waals surface area contributed by atoms with Gasteiger partial charge in [0.1, 0.15) is 0 Å². The van der Waals surface area contributed by atoms with Gasteiger partial charge in [0.2, 0.25) is 0 Å². The Hall–Kier alpha value is -1.59. The standard InChI is InChI=1S/C19H29N3O2/c1-20-19(22-17-13-16-9-10-18(17)24-16)21-11-5-6-12-23-14-15-7-3-2-4-8-15/h2-4,7-8,16-18H,5-6,9-14H2,1H3,(H2,20,21,22). The highest BCUT2D eigenvalue weighted by molar-refractivity contribution is 5.80. The Bertz CT molecular complexity index is 521. The van der Waals surface area contributed by atoms with Crippen LogP contribution in [0.5, 0.6) is 0 Å². The first-order valence-corrected chi connectivity index (χ1v) is 9.09. The van der Waals surface area contributed by atoms with Crippen molar-refractivity contribution in [2.75, 3.05) is 20.2 Å². The lowest BCUT2D eigenvalue weighted by Gasteiger charge is -2.22. The molecule has 2 heterocycles. The lowest BCUT2D eigenvalue weighted by Crippen LogP contribution is -2.47. The summed E-state index contributed by atoms with van der Waals surface area (Å²) in [5, 5.41) is 6.90. The predicted octanol–water partition coefficient (Wildman–Crippen LogP) is 2.47. The topological polar surface area (TPSA) is 54.9 Å². The van der Waals surface area contributed by atoms with Crippen molar-refractivity contribution in [3.8, 4) is 0 Å². The van der Waals surface area contributed by atoms with Crippen molar-refractivity contribution in [2.24, 2.45) is 4.99 Å². The average molecular weight is 331 g/mol. The third-order valence-corrected chi connectivity index (χ3v) is 4.77. The first kappa shape index (κ1) is 17.2. The molecule has 3 rings (SSSR count). The van der Waals surface area contributed by atoms with Crippen LogP contribution < -0.4 is 10.6 Å². The molecule has 0 spiro atoms. The minimum Gasteiger partial charge on any atom is -0.377 e. The molecule has 2 bridgehead atoms. The Labute approximate surface area is 144 Å². The van der Waals surface area contributed by atoms with Crippen molar-refractivity contribution in [1.29, 1.82) is 0 Å². The van der Waals surface area contributed by atoms with E-state index in [9.17, 15) is 0 Å². The number of rotatable bonds is 8. The Morgan fingerprint density at radius 1 is 1.25 bits per heavy atom. The maximum Gasteiger partial charge on any atom is 0.191 e. The molecule has 1 aromatic rings. The highest BCUT2D eigenvalue weighted by Crippen LogP contribution is 2.34. The molecule has 132 valence electrons. The average Bonchev–Trinajstić information content (AvgIpc) is 3.23. The van der Waals surface area contributed by atoms with E-state index in [1.54, 1.807) is 0 Å². The number of ether oxygens (including phenoxy) is 2. The van der Waals surface area contributed by atoms with E-state index in [1.807, 2.05) is 25.2 Å². The Balaban J connectivity index is 1.23. The predicted molar refractivity (Wildman–Crippen MR) is 96.1 cm³/mol. The minimum atomic E-state index is 0.375. The number of nitrogens with zero attached hydrogens (tertiary/aromatic N) is 1. The normalized spacial score (nSPS) is 25.9. The fraction of sp³-hybridized carbons (Fsp3) is 0.632. The van der Waals surface area contributed by atoms with Crippen LogP contribution >= 0.6 is 0 Å². The third kappa shape index (κ3) is 4.95. The van der Waals surface area contributed by atoms with Crippen LogP contribution in [0, 0.1) is 0 Å². The van der Waals surface area contributed by atoms with Crippen LogP contribution in [-0.2, 0) is 16.1 Å². The van der Waals surface area contributed by atoms with Gasteiger partial charge in [0.25, 0.3) is 0 Å². The van der Waals surface area contributed by atoms with E-state index in [2.05, 4.69) is 27.8 Å². The molecule has 0 saturated carbocycles. The Kier molecular flexibility index (Phi) is 6.49. The lowest BCUT2D eigenvalue weighted by molar-refractivity contribution is 0.0992. The summed E-state index contributed by atoms with van der Waals surface area (Å²) < 4.78 is 11.6. The van der Waals surface area contributed by atoms with Crippen LogP contribution in [0.15, 0.2) is 35.3 Å². The van der Waals surface area contributed by atoms with Gasteiger partial charge in [-0.15, -0.1) is 0 Å². The number of nitrogens with one attached hydrogen (secondary N) is 2. The van der Waals surface area contributed by atoms with E-state index in [1.165, 1.54) is 18.4 Å². The van der Waals surface area contributed by atoms with E-state index < -0.39 is 0 Å². The van der Waals surface area contributed by atoms with Gasteiger partial charge in [-0.25, -0.2) is 0 Å². The highest BCUT2D eigenvalue weighted by Gasteiger charge is 2.40. The zero-order chi connectivity index (χ0) is 16.6. The van der Waals surface area contributed by atoms with Crippen molar-refractivity contribution in [3.05, 3.63) is 35.9 Å². The zero-order valence-corrected chi connectivity index (χ0v) is 14.5. The van der Waals surface area contributed by atoms with Gasteiger partial charge in [0.15, 0.2) is 5.96 Å². The summed E-state index contributed by atoms with van der Waals surface area (Å²) in [6, 6.07) is 10.7. The van der Waals surface area contributed by atoms with Gasteiger partial charge in [-0.05, 0) is 37.7 Å². The summed E-state index contributed by atoms with van der Waals surface area (Å²) in [6.45, 7) is 2.40. The van der Waals surface area contributed by atoms with Crippen LogP contribution in [0.1, 0.15) is 37.7 Å². The van der Waals surface area contributed by atoms with E-state index >= 15 is 0 Å². The number of aliphatic imine (C=N–C) groups is 1. The molecule has 0 radical (unpaired) electrons. The molecule has 2 fully saturated rings. The number of hydrogen-bond donors (Lipinski definition) is 2. The van der Waals surface area contributed by atoms with Crippen LogP contribution in [0.3, 0.4) is 0 Å². The Morgan fingerprint density at radius 2 is 2.12 bits per heavy atom. The quantitative estimate of drug-likeness (QED) is 0.436. The van der Waals surface area contributed by atoms with Crippen molar-refractivity contribution >= 4 is 5.96 Å². The van der Waals surface area contributed by atoms with Crippen LogP contribution in [-0.4, -0.2) is 44.4 Å². The second-order valence-corrected chi connectivity index (χ2v) is 6.60. The van der Waals surface area contributed by atoms with Gasteiger partial charge in [-0.3, -0.25) is 4.99 Å². The SMILES string of the molecule is CN=C(NCCCCOCc1ccccc1)NC1CC2CCC1O2. The first-order chi connectivity index (χ1) is 11.8. The summed E-state index contributed by atoms with van der Waals surface area (Å²) in [5.41, 5.74) is 1.23. The zero-order valence-electron chi connectivity index (χ0n) is 14.5. The third-order valence-electron chi connectivity index (χ3n) is 4.77. The van der Waals surface area contributed by atoms with E-state index in [0.717, 1.165) is 38.4 Å². The van der Waals surface area contributed by atoms with E-state index in [4.69, 9.17) is 9.47 Å². The van der Waals surface area contributed by atoms with Crippen molar-refractivity contribution < 1.29 is 9.47 Å². The van der Waals surface area contributed by atoms with Gasteiger partial charge in [0.05, 0.1) is 24.9 Å². The summed E-state index contributed by atoms with van der Waals surface area (Å²) >= 11 is 0. The van der Waals surface area contributed by atoms with E-state index in [0.29, 0.717) is 24.9 Å². The molecule has 0 aliphatic carbocycles. The fourth-order valence-electron chi connectivity index (χ4n) is 3.46. The molecule has 2 N–H and O–H groups in total. The number of benzene rings is 1. The smallest absolute Gasteiger partial charge is 0.191 e. The van der Waals surface area contributed by atoms with Gasteiger partial charge >= 0.3 is 0 Å². The molecule has 1 aromatic carbocycles. The number of fused-ring (bicyclic) bond motifs is 2. The maximum atomic E-state index is 5.87. The van der Waals surface area contributed by atoms with Gasteiger partial charge < -0.3 is 20.1 Å². The van der Waals surface area contributed by atoms with Crippen molar-refractivity contribution in [3.63, 3.8) is 0 Å². The van der Waals surface area contributed by atoms with Crippen LogP contribution in [0.2, 0.25) is 0 Å². The first-order valence-electron chi connectivity index (χ1n) is 9.09. The lowest BCUT2D eigenvalue weighted by atomic mass is 9.96. The molecule has 2 saturated heterocycles.